The third-order valence-electron chi connectivity index (χ3n) is 1.54. The van der Waals surface area contributed by atoms with Gasteiger partial charge in [-0.2, -0.15) is 8.78 Å². The molecule has 0 atom stereocenters. The fourth-order valence-corrected chi connectivity index (χ4v) is 0.857. The van der Waals surface area contributed by atoms with E-state index < -0.39 is 11.8 Å². The van der Waals surface area contributed by atoms with E-state index in [1.54, 1.807) is 12.1 Å². The summed E-state index contributed by atoms with van der Waals surface area (Å²) in [6.45, 7) is 0.536. The van der Waals surface area contributed by atoms with E-state index in [4.69, 9.17) is 5.73 Å². The molecule has 3 N–H and O–H groups in total. The number of nitrogen functional groups attached to an aromatic ring is 1. The molecule has 0 fully saturated rings. The lowest BCUT2D eigenvalue weighted by Crippen LogP contribution is -2.31. The molecule has 0 saturated carbocycles. The standard InChI is InChI=1S/C9H10F2N2O/c1-9(10,11)8(14)13-7-4-2-3-6(12)5-7/h2-5H,12H2,1H3,(H,13,14). The summed E-state index contributed by atoms with van der Waals surface area (Å²) >= 11 is 0. The van der Waals surface area contributed by atoms with Crippen LogP contribution in [0.2, 0.25) is 0 Å². The maximum atomic E-state index is 12.5. The van der Waals surface area contributed by atoms with Crippen molar-refractivity contribution in [2.24, 2.45) is 0 Å². The SMILES string of the molecule is CC(F)(F)C(=O)Nc1cccc(N)c1. The number of rotatable bonds is 2. The molecule has 0 aliphatic rings. The summed E-state index contributed by atoms with van der Waals surface area (Å²) in [7, 11) is 0. The first-order valence-corrected chi connectivity index (χ1v) is 3.94. The summed E-state index contributed by atoms with van der Waals surface area (Å²) in [6.07, 6.45) is 0. The highest BCUT2D eigenvalue weighted by Crippen LogP contribution is 2.17. The summed E-state index contributed by atoms with van der Waals surface area (Å²) in [5.74, 6) is -4.73. The van der Waals surface area contributed by atoms with E-state index in [1.807, 2.05) is 0 Å². The molecule has 0 aliphatic carbocycles. The van der Waals surface area contributed by atoms with Crippen LogP contribution in [-0.2, 0) is 4.79 Å². The lowest BCUT2D eigenvalue weighted by atomic mass is 10.2. The molecule has 76 valence electrons. The van der Waals surface area contributed by atoms with Crippen molar-refractivity contribution < 1.29 is 13.6 Å². The molecule has 1 aromatic rings. The van der Waals surface area contributed by atoms with E-state index >= 15 is 0 Å². The first kappa shape index (κ1) is 10.4. The zero-order valence-electron chi connectivity index (χ0n) is 7.55. The Morgan fingerprint density at radius 1 is 1.50 bits per heavy atom. The zero-order chi connectivity index (χ0) is 10.8. The van der Waals surface area contributed by atoms with E-state index in [0.717, 1.165) is 0 Å². The van der Waals surface area contributed by atoms with Crippen LogP contribution in [0.1, 0.15) is 6.92 Å². The van der Waals surface area contributed by atoms with Crippen molar-refractivity contribution in [1.29, 1.82) is 0 Å². The number of alkyl halides is 2. The Morgan fingerprint density at radius 3 is 2.64 bits per heavy atom. The van der Waals surface area contributed by atoms with Crippen LogP contribution in [0.4, 0.5) is 20.2 Å². The smallest absolute Gasteiger partial charge is 0.322 e. The Balaban J connectivity index is 2.75. The van der Waals surface area contributed by atoms with Crippen molar-refractivity contribution in [3.8, 4) is 0 Å². The third-order valence-corrected chi connectivity index (χ3v) is 1.54. The normalized spacial score (nSPS) is 11.1. The minimum atomic E-state index is -3.38. The number of hydrogen-bond donors (Lipinski definition) is 2. The number of nitrogens with two attached hydrogens (primary N) is 1. The third kappa shape index (κ3) is 2.69. The number of carbonyl (C=O) groups is 1. The summed E-state index contributed by atoms with van der Waals surface area (Å²) in [6, 6.07) is 6.06. The van der Waals surface area contributed by atoms with Gasteiger partial charge in [0.05, 0.1) is 0 Å². The highest BCUT2D eigenvalue weighted by Gasteiger charge is 2.32. The largest absolute Gasteiger partial charge is 0.399 e. The second-order valence-corrected chi connectivity index (χ2v) is 2.97. The lowest BCUT2D eigenvalue weighted by molar-refractivity contribution is -0.137. The number of amides is 1. The van der Waals surface area contributed by atoms with Crippen molar-refractivity contribution in [2.45, 2.75) is 12.8 Å². The van der Waals surface area contributed by atoms with Gasteiger partial charge >= 0.3 is 5.92 Å². The highest BCUT2D eigenvalue weighted by molar-refractivity contribution is 5.96. The van der Waals surface area contributed by atoms with Crippen LogP contribution in [0.5, 0.6) is 0 Å². The summed E-state index contributed by atoms with van der Waals surface area (Å²) < 4.78 is 24.9. The van der Waals surface area contributed by atoms with Crippen molar-refractivity contribution in [2.75, 3.05) is 11.1 Å². The second kappa shape index (κ2) is 3.61. The molecule has 1 rings (SSSR count). The number of halogens is 2. The van der Waals surface area contributed by atoms with E-state index in [-0.39, 0.29) is 5.69 Å². The number of benzene rings is 1. The molecule has 5 heteroatoms. The summed E-state index contributed by atoms with van der Waals surface area (Å²) in [5.41, 5.74) is 6.07. The molecule has 0 unspecified atom stereocenters. The number of hydrogen-bond acceptors (Lipinski definition) is 2. The van der Waals surface area contributed by atoms with Crippen LogP contribution in [-0.4, -0.2) is 11.8 Å². The maximum Gasteiger partial charge on any atom is 0.322 e. The molecule has 1 amide bonds. The van der Waals surface area contributed by atoms with Crippen molar-refractivity contribution in [3.05, 3.63) is 24.3 Å². The van der Waals surface area contributed by atoms with Crippen molar-refractivity contribution >= 4 is 17.3 Å². The molecule has 0 saturated heterocycles. The van der Waals surface area contributed by atoms with Crippen LogP contribution < -0.4 is 11.1 Å². The van der Waals surface area contributed by atoms with Gasteiger partial charge in [-0.3, -0.25) is 4.79 Å². The van der Waals surface area contributed by atoms with Crippen LogP contribution >= 0.6 is 0 Å². The first-order chi connectivity index (χ1) is 6.39. The van der Waals surface area contributed by atoms with Crippen LogP contribution in [0, 0.1) is 0 Å². The molecule has 1 aromatic carbocycles. The minimum Gasteiger partial charge on any atom is -0.399 e. The molecule has 0 spiro atoms. The van der Waals surface area contributed by atoms with Gasteiger partial charge in [0.15, 0.2) is 0 Å². The number of nitrogens with one attached hydrogen (secondary N) is 1. The zero-order valence-corrected chi connectivity index (χ0v) is 7.55. The average Bonchev–Trinajstić information content (AvgIpc) is 2.02. The Morgan fingerprint density at radius 2 is 2.14 bits per heavy atom. The van der Waals surface area contributed by atoms with Crippen LogP contribution in [0.15, 0.2) is 24.3 Å². The second-order valence-electron chi connectivity index (χ2n) is 2.97. The van der Waals surface area contributed by atoms with Gasteiger partial charge in [-0.05, 0) is 18.2 Å². The molecule has 0 aliphatic heterocycles. The number of anilines is 2. The van der Waals surface area contributed by atoms with Gasteiger partial charge in [0.2, 0.25) is 0 Å². The van der Waals surface area contributed by atoms with Gasteiger partial charge in [-0.1, -0.05) is 6.07 Å². The molecule has 0 bridgehead atoms. The lowest BCUT2D eigenvalue weighted by Gasteiger charge is -2.10. The molecular formula is C9H10F2N2O. The van der Waals surface area contributed by atoms with Crippen LogP contribution in [0.3, 0.4) is 0 Å². The molecule has 0 aromatic heterocycles. The first-order valence-electron chi connectivity index (χ1n) is 3.94. The van der Waals surface area contributed by atoms with Crippen molar-refractivity contribution in [1.82, 2.24) is 0 Å². The highest BCUT2D eigenvalue weighted by atomic mass is 19.3. The summed E-state index contributed by atoms with van der Waals surface area (Å²) in [5, 5.41) is 2.05. The Hall–Kier alpha value is -1.65. The molecule has 3 nitrogen and oxygen atoms in total. The topological polar surface area (TPSA) is 55.1 Å². The van der Waals surface area contributed by atoms with Gasteiger partial charge in [0.1, 0.15) is 0 Å². The Labute approximate surface area is 79.9 Å². The minimum absolute atomic E-state index is 0.261. The molecule has 0 radical (unpaired) electrons. The number of carbonyl (C=O) groups excluding carboxylic acids is 1. The van der Waals surface area contributed by atoms with Gasteiger partial charge < -0.3 is 11.1 Å². The Kier molecular flexibility index (Phi) is 2.69. The van der Waals surface area contributed by atoms with Crippen LogP contribution in [0.25, 0.3) is 0 Å². The van der Waals surface area contributed by atoms with Gasteiger partial charge in [0, 0.05) is 18.3 Å². The van der Waals surface area contributed by atoms with Gasteiger partial charge in [-0.15, -0.1) is 0 Å². The maximum absolute atomic E-state index is 12.5. The van der Waals surface area contributed by atoms with E-state index in [0.29, 0.717) is 12.6 Å². The fraction of sp³-hybridized carbons (Fsp3) is 0.222. The predicted molar refractivity (Wildman–Crippen MR) is 50.1 cm³/mol. The quantitative estimate of drug-likeness (QED) is 0.716. The fourth-order valence-electron chi connectivity index (χ4n) is 0.857. The molecule has 0 heterocycles. The van der Waals surface area contributed by atoms with Gasteiger partial charge in [-0.25, -0.2) is 0 Å². The monoisotopic (exact) mass is 200 g/mol. The van der Waals surface area contributed by atoms with E-state index in [1.165, 1.54) is 12.1 Å². The molecular weight excluding hydrogens is 190 g/mol. The van der Waals surface area contributed by atoms with E-state index in [2.05, 4.69) is 5.32 Å². The predicted octanol–water partition coefficient (Wildman–Crippen LogP) is 1.86. The van der Waals surface area contributed by atoms with E-state index in [9.17, 15) is 13.6 Å². The summed E-state index contributed by atoms with van der Waals surface area (Å²) in [4.78, 5) is 10.8. The molecule has 14 heavy (non-hydrogen) atoms. The Bertz CT molecular complexity index is 347. The van der Waals surface area contributed by atoms with Gasteiger partial charge in [0.25, 0.3) is 5.91 Å². The van der Waals surface area contributed by atoms with Crippen molar-refractivity contribution in [3.63, 3.8) is 0 Å². The average molecular weight is 200 g/mol.